The fourth-order valence-electron chi connectivity index (χ4n) is 1.12. The van der Waals surface area contributed by atoms with Crippen LogP contribution in [0.5, 0.6) is 0 Å². The van der Waals surface area contributed by atoms with Crippen molar-refractivity contribution in [2.24, 2.45) is 0 Å². The number of rotatable bonds is 3. The number of aryl methyl sites for hydroxylation is 1. The van der Waals surface area contributed by atoms with Crippen molar-refractivity contribution in [3.05, 3.63) is 33.8 Å². The van der Waals surface area contributed by atoms with Crippen molar-refractivity contribution in [1.29, 1.82) is 5.26 Å². The van der Waals surface area contributed by atoms with Gasteiger partial charge in [0.2, 0.25) is 0 Å². The van der Waals surface area contributed by atoms with Crippen LogP contribution in [0.3, 0.4) is 0 Å². The minimum absolute atomic E-state index is 0.0135. The Morgan fingerprint density at radius 1 is 1.43 bits per heavy atom. The first-order valence-corrected chi connectivity index (χ1v) is 4.88. The lowest BCUT2D eigenvalue weighted by molar-refractivity contribution is 0.150. The maximum atomic E-state index is 12.4. The van der Waals surface area contributed by atoms with Crippen LogP contribution in [0.4, 0.5) is 8.78 Å². The molecule has 0 heterocycles. The first-order chi connectivity index (χ1) is 6.65. The number of hydrogen-bond donors (Lipinski definition) is 0. The van der Waals surface area contributed by atoms with E-state index in [1.54, 1.807) is 12.1 Å². The van der Waals surface area contributed by atoms with Gasteiger partial charge in [-0.1, -0.05) is 22.0 Å². The van der Waals surface area contributed by atoms with Crippen LogP contribution in [-0.4, -0.2) is 0 Å². The Labute approximate surface area is 89.5 Å². The highest BCUT2D eigenvalue weighted by Gasteiger charge is 2.11. The maximum Gasteiger partial charge on any atom is 0.264 e. The molecule has 0 spiro atoms. The summed E-state index contributed by atoms with van der Waals surface area (Å²) >= 11 is 3.05. The van der Waals surface area contributed by atoms with Crippen LogP contribution in [-0.2, 0) is 6.42 Å². The summed E-state index contributed by atoms with van der Waals surface area (Å²) in [7, 11) is 0. The second kappa shape index (κ2) is 5.06. The first kappa shape index (κ1) is 11.1. The molecule has 14 heavy (non-hydrogen) atoms. The van der Waals surface area contributed by atoms with Gasteiger partial charge < -0.3 is 0 Å². The fraction of sp³-hybridized carbons (Fsp3) is 0.300. The molecule has 1 aromatic carbocycles. The highest BCUT2D eigenvalue weighted by atomic mass is 79.9. The minimum atomic E-state index is -2.48. The predicted octanol–water partition coefficient (Wildman–Crippen LogP) is 3.84. The Balaban J connectivity index is 2.90. The third kappa shape index (κ3) is 2.78. The molecule has 4 heteroatoms. The number of halogens is 3. The zero-order valence-corrected chi connectivity index (χ0v) is 8.89. The largest absolute Gasteiger partial charge is 0.264 e. The second-order valence-electron chi connectivity index (χ2n) is 2.81. The fourth-order valence-corrected chi connectivity index (χ4v) is 1.54. The molecule has 0 saturated carbocycles. The molecule has 0 unspecified atom stereocenters. The van der Waals surface area contributed by atoms with E-state index in [-0.39, 0.29) is 5.56 Å². The monoisotopic (exact) mass is 259 g/mol. The number of hydrogen-bond acceptors (Lipinski definition) is 1. The van der Waals surface area contributed by atoms with Crippen LogP contribution in [0.15, 0.2) is 22.7 Å². The molecule has 0 bridgehead atoms. The minimum Gasteiger partial charge on any atom is -0.205 e. The lowest BCUT2D eigenvalue weighted by atomic mass is 10.1. The van der Waals surface area contributed by atoms with Crippen LogP contribution < -0.4 is 0 Å². The average Bonchev–Trinajstić information content (AvgIpc) is 2.16. The van der Waals surface area contributed by atoms with Crippen LogP contribution in [0, 0.1) is 11.3 Å². The molecule has 0 amide bonds. The van der Waals surface area contributed by atoms with E-state index < -0.39 is 6.43 Å². The zero-order valence-electron chi connectivity index (χ0n) is 7.30. The van der Waals surface area contributed by atoms with Crippen molar-refractivity contribution < 1.29 is 8.78 Å². The zero-order chi connectivity index (χ0) is 10.6. The molecule has 0 atom stereocenters. The van der Waals surface area contributed by atoms with Gasteiger partial charge in [0.05, 0.1) is 6.07 Å². The Morgan fingerprint density at radius 3 is 2.71 bits per heavy atom. The number of nitriles is 1. The van der Waals surface area contributed by atoms with E-state index in [9.17, 15) is 8.78 Å². The summed E-state index contributed by atoms with van der Waals surface area (Å²) in [5.41, 5.74) is 0.755. The summed E-state index contributed by atoms with van der Waals surface area (Å²) in [5.74, 6) is 0. The Kier molecular flexibility index (Phi) is 4.02. The summed E-state index contributed by atoms with van der Waals surface area (Å²) in [4.78, 5) is 0. The predicted molar refractivity (Wildman–Crippen MR) is 53.0 cm³/mol. The normalized spacial score (nSPS) is 10.2. The maximum absolute atomic E-state index is 12.4. The van der Waals surface area contributed by atoms with Gasteiger partial charge in [0, 0.05) is 16.5 Å². The molecule has 0 radical (unpaired) electrons. The van der Waals surface area contributed by atoms with Gasteiger partial charge in [-0.25, -0.2) is 8.78 Å². The van der Waals surface area contributed by atoms with Crippen molar-refractivity contribution in [3.8, 4) is 6.07 Å². The van der Waals surface area contributed by atoms with E-state index in [2.05, 4.69) is 15.9 Å². The summed E-state index contributed by atoms with van der Waals surface area (Å²) in [6, 6.07) is 6.75. The SMILES string of the molecule is N#CCCc1ccc(Br)c(C(F)F)c1. The van der Waals surface area contributed by atoms with Crippen molar-refractivity contribution in [2.45, 2.75) is 19.3 Å². The number of nitrogens with zero attached hydrogens (tertiary/aromatic N) is 1. The van der Waals surface area contributed by atoms with Gasteiger partial charge >= 0.3 is 0 Å². The highest BCUT2D eigenvalue weighted by molar-refractivity contribution is 9.10. The molecule has 0 aromatic heterocycles. The average molecular weight is 260 g/mol. The third-order valence-corrected chi connectivity index (χ3v) is 2.54. The van der Waals surface area contributed by atoms with E-state index in [0.717, 1.165) is 5.56 Å². The van der Waals surface area contributed by atoms with Gasteiger partial charge in [-0.3, -0.25) is 0 Å². The van der Waals surface area contributed by atoms with Crippen molar-refractivity contribution in [1.82, 2.24) is 0 Å². The molecule has 74 valence electrons. The summed E-state index contributed by atoms with van der Waals surface area (Å²) in [5, 5.41) is 8.35. The molecule has 0 N–H and O–H groups in total. The molecular formula is C10H8BrF2N. The lowest BCUT2D eigenvalue weighted by Gasteiger charge is -2.05. The quantitative estimate of drug-likeness (QED) is 0.809. The molecule has 0 aliphatic rings. The number of benzene rings is 1. The summed E-state index contributed by atoms with van der Waals surface area (Å²) in [6.07, 6.45) is -1.61. The molecule has 0 saturated heterocycles. The van der Waals surface area contributed by atoms with E-state index in [4.69, 9.17) is 5.26 Å². The van der Waals surface area contributed by atoms with Crippen LogP contribution in [0.2, 0.25) is 0 Å². The van der Waals surface area contributed by atoms with Crippen molar-refractivity contribution in [3.63, 3.8) is 0 Å². The van der Waals surface area contributed by atoms with Crippen LogP contribution in [0.25, 0.3) is 0 Å². The van der Waals surface area contributed by atoms with Gasteiger partial charge in [-0.15, -0.1) is 0 Å². The number of alkyl halides is 2. The molecule has 1 aromatic rings. The highest BCUT2D eigenvalue weighted by Crippen LogP contribution is 2.28. The molecule has 0 fully saturated rings. The van der Waals surface area contributed by atoms with Crippen molar-refractivity contribution in [2.75, 3.05) is 0 Å². The Bertz CT molecular complexity index is 358. The van der Waals surface area contributed by atoms with E-state index in [1.165, 1.54) is 6.07 Å². The molecular weight excluding hydrogens is 252 g/mol. The van der Waals surface area contributed by atoms with Gasteiger partial charge in [0.15, 0.2) is 0 Å². The second-order valence-corrected chi connectivity index (χ2v) is 3.67. The molecule has 1 nitrogen and oxygen atoms in total. The van der Waals surface area contributed by atoms with Gasteiger partial charge in [0.1, 0.15) is 0 Å². The third-order valence-electron chi connectivity index (χ3n) is 1.82. The van der Waals surface area contributed by atoms with E-state index >= 15 is 0 Å². The Hall–Kier alpha value is -0.950. The van der Waals surface area contributed by atoms with Gasteiger partial charge in [-0.2, -0.15) is 5.26 Å². The first-order valence-electron chi connectivity index (χ1n) is 4.08. The smallest absolute Gasteiger partial charge is 0.205 e. The summed E-state index contributed by atoms with van der Waals surface area (Å²) in [6.45, 7) is 0. The van der Waals surface area contributed by atoms with Crippen molar-refractivity contribution >= 4 is 15.9 Å². The topological polar surface area (TPSA) is 23.8 Å². The van der Waals surface area contributed by atoms with Gasteiger partial charge in [-0.05, 0) is 24.1 Å². The lowest BCUT2D eigenvalue weighted by Crippen LogP contribution is -1.90. The van der Waals surface area contributed by atoms with Crippen LogP contribution in [0.1, 0.15) is 24.0 Å². The molecule has 1 rings (SSSR count). The van der Waals surface area contributed by atoms with E-state index in [0.29, 0.717) is 17.3 Å². The van der Waals surface area contributed by atoms with Crippen LogP contribution >= 0.6 is 15.9 Å². The van der Waals surface area contributed by atoms with Gasteiger partial charge in [0.25, 0.3) is 6.43 Å². The molecule has 0 aliphatic carbocycles. The summed E-state index contributed by atoms with van der Waals surface area (Å²) < 4.78 is 25.3. The van der Waals surface area contributed by atoms with E-state index in [1.807, 2.05) is 6.07 Å². The standard InChI is InChI=1S/C10H8BrF2N/c11-9-4-3-7(2-1-5-14)6-8(9)10(12)13/h3-4,6,10H,1-2H2. The Morgan fingerprint density at radius 2 is 2.14 bits per heavy atom. The molecule has 0 aliphatic heterocycles.